The molecule has 0 spiro atoms. The number of benzene rings is 7. The van der Waals surface area contributed by atoms with Gasteiger partial charge in [-0.05, 0) is 100 Å². The standard InChI is InChI=1S/C25H20N.C20H18N.C17H12N.Ir/c1-18-8-15-25(26-17-18)23-10-9-19(2)24(16-23)22-13-11-21(12-14-22)20-6-4-3-5-7-20;1-14-9-10-18(15(2)11-14)19-12-20(21-13-16(19)3)17-7-5-4-6-8-17;1-3-7-14(8-4-1)16-11-12-17(18-13-16)15-9-5-2-6-10-15;/h3-9,11-17H,1-2H3;4-7,9-13H,1-3H3;1-9,11-13H;/q3*-1;+3. The molecule has 10 aromatic rings. The van der Waals surface area contributed by atoms with Crippen LogP contribution in [0.15, 0.2) is 213 Å². The zero-order chi connectivity index (χ0) is 45.0. The molecule has 3 heterocycles. The molecule has 0 bridgehead atoms. The smallest absolute Gasteiger partial charge is 0.304 e. The van der Waals surface area contributed by atoms with Crippen molar-refractivity contribution in [3.63, 3.8) is 0 Å². The molecule has 3 aromatic heterocycles. The second-order valence-electron chi connectivity index (χ2n) is 16.2. The molecule has 0 saturated carbocycles. The number of hydrogen-bond donors (Lipinski definition) is 0. The summed E-state index contributed by atoms with van der Waals surface area (Å²) in [6.45, 7) is 10.6. The Balaban J connectivity index is 0.000000149. The molecule has 0 atom stereocenters. The number of pyridine rings is 3. The molecule has 10 rings (SSSR count). The molecule has 0 saturated heterocycles. The van der Waals surface area contributed by atoms with Gasteiger partial charge in [0, 0.05) is 18.6 Å². The molecule has 0 radical (unpaired) electrons. The Bertz CT molecular complexity index is 3020. The predicted molar refractivity (Wildman–Crippen MR) is 271 cm³/mol. The number of hydrogen-bond acceptors (Lipinski definition) is 3. The molecular weight excluding hydrogens is 979 g/mol. The zero-order valence-electron chi connectivity index (χ0n) is 37.9. The number of rotatable bonds is 7. The van der Waals surface area contributed by atoms with Crippen molar-refractivity contribution >= 4 is 0 Å². The molecule has 0 amide bonds. The van der Waals surface area contributed by atoms with Crippen molar-refractivity contribution in [2.75, 3.05) is 0 Å². The zero-order valence-corrected chi connectivity index (χ0v) is 40.3. The van der Waals surface area contributed by atoms with Crippen LogP contribution < -0.4 is 0 Å². The van der Waals surface area contributed by atoms with Gasteiger partial charge in [0.1, 0.15) is 0 Å². The maximum absolute atomic E-state index is 4.55. The third-order valence-electron chi connectivity index (χ3n) is 11.3. The summed E-state index contributed by atoms with van der Waals surface area (Å²) in [5.74, 6) is 0. The topological polar surface area (TPSA) is 38.7 Å². The molecule has 7 aromatic carbocycles. The molecule has 0 aliphatic carbocycles. The Hall–Kier alpha value is -7.36. The summed E-state index contributed by atoms with van der Waals surface area (Å²) in [5.41, 5.74) is 21.9. The fraction of sp³-hybridized carbons (Fsp3) is 0.0806. The maximum Gasteiger partial charge on any atom is 3.00 e. The van der Waals surface area contributed by atoms with Crippen molar-refractivity contribution in [3.05, 3.63) is 259 Å². The second-order valence-corrected chi connectivity index (χ2v) is 16.2. The van der Waals surface area contributed by atoms with Crippen LogP contribution in [0.25, 0.3) is 78.3 Å². The van der Waals surface area contributed by atoms with E-state index in [0.29, 0.717) is 0 Å². The largest absolute Gasteiger partial charge is 3.00 e. The van der Waals surface area contributed by atoms with E-state index in [4.69, 9.17) is 0 Å². The van der Waals surface area contributed by atoms with Crippen molar-refractivity contribution in [2.45, 2.75) is 34.6 Å². The van der Waals surface area contributed by atoms with Crippen LogP contribution >= 0.6 is 0 Å². The average molecular weight is 1030 g/mol. The summed E-state index contributed by atoms with van der Waals surface area (Å²) >= 11 is 0. The molecule has 0 unspecified atom stereocenters. The van der Waals surface area contributed by atoms with Crippen LogP contribution in [0.3, 0.4) is 0 Å². The molecule has 3 nitrogen and oxygen atoms in total. The van der Waals surface area contributed by atoms with E-state index in [1.54, 1.807) is 0 Å². The van der Waals surface area contributed by atoms with Crippen molar-refractivity contribution in [2.24, 2.45) is 0 Å². The third kappa shape index (κ3) is 11.9. The van der Waals surface area contributed by atoms with E-state index >= 15 is 0 Å². The van der Waals surface area contributed by atoms with E-state index in [1.165, 1.54) is 61.2 Å². The maximum atomic E-state index is 4.55. The van der Waals surface area contributed by atoms with E-state index in [9.17, 15) is 0 Å². The minimum atomic E-state index is 0. The summed E-state index contributed by atoms with van der Waals surface area (Å²) in [6.07, 6.45) is 5.76. The van der Waals surface area contributed by atoms with Crippen molar-refractivity contribution in [1.29, 1.82) is 0 Å². The van der Waals surface area contributed by atoms with Gasteiger partial charge in [0.2, 0.25) is 0 Å². The van der Waals surface area contributed by atoms with Gasteiger partial charge in [0.25, 0.3) is 0 Å². The van der Waals surface area contributed by atoms with Crippen molar-refractivity contribution in [1.82, 2.24) is 15.0 Å². The first-order chi connectivity index (χ1) is 31.8. The van der Waals surface area contributed by atoms with E-state index in [1.807, 2.05) is 97.5 Å². The fourth-order valence-electron chi connectivity index (χ4n) is 7.66. The van der Waals surface area contributed by atoms with Crippen LogP contribution in [-0.4, -0.2) is 15.0 Å². The summed E-state index contributed by atoms with van der Waals surface area (Å²) < 4.78 is 0. The normalized spacial score (nSPS) is 10.4. The predicted octanol–water partition coefficient (Wildman–Crippen LogP) is 15.9. The van der Waals surface area contributed by atoms with Crippen LogP contribution in [0.4, 0.5) is 0 Å². The van der Waals surface area contributed by atoms with Gasteiger partial charge >= 0.3 is 20.1 Å². The average Bonchev–Trinajstić information content (AvgIpc) is 3.36. The molecule has 0 N–H and O–H groups in total. The molecule has 0 aliphatic heterocycles. The van der Waals surface area contributed by atoms with Gasteiger partial charge in [-0.3, -0.25) is 0 Å². The number of aromatic nitrogens is 3. The Morgan fingerprint density at radius 3 is 1.44 bits per heavy atom. The first-order valence-corrected chi connectivity index (χ1v) is 21.9. The van der Waals surface area contributed by atoms with Gasteiger partial charge in [0.05, 0.1) is 0 Å². The Morgan fingerprint density at radius 1 is 0.318 bits per heavy atom. The van der Waals surface area contributed by atoms with Crippen LogP contribution in [0.5, 0.6) is 0 Å². The van der Waals surface area contributed by atoms with Gasteiger partial charge in [-0.15, -0.1) is 101 Å². The first kappa shape index (κ1) is 46.6. The van der Waals surface area contributed by atoms with Gasteiger partial charge in [0.15, 0.2) is 0 Å². The summed E-state index contributed by atoms with van der Waals surface area (Å²) in [6, 6.07) is 76.4. The van der Waals surface area contributed by atoms with Crippen molar-refractivity contribution in [3.8, 4) is 78.3 Å². The minimum absolute atomic E-state index is 0. The molecule has 322 valence electrons. The minimum Gasteiger partial charge on any atom is -0.304 e. The van der Waals surface area contributed by atoms with E-state index in [-0.39, 0.29) is 20.1 Å². The molecular formula is C62H50IrN3. The van der Waals surface area contributed by atoms with Crippen LogP contribution in [0.1, 0.15) is 27.8 Å². The van der Waals surface area contributed by atoms with Gasteiger partial charge in [-0.1, -0.05) is 152 Å². The summed E-state index contributed by atoms with van der Waals surface area (Å²) in [7, 11) is 0. The van der Waals surface area contributed by atoms with Crippen LogP contribution in [-0.2, 0) is 20.1 Å². The Kier molecular flexibility index (Phi) is 15.9. The van der Waals surface area contributed by atoms with Crippen LogP contribution in [0.2, 0.25) is 0 Å². The van der Waals surface area contributed by atoms with Crippen LogP contribution in [0, 0.1) is 52.8 Å². The van der Waals surface area contributed by atoms with Gasteiger partial charge in [-0.2, -0.15) is 0 Å². The SMILES string of the molecule is Cc1ccc(-c2[c-]cc(C)c(-c3ccc(-c4ccccc4)cc3)c2)nc1.Cc1ccc(-c2cc(-c3[c-]cccc3)ncc2C)c(C)c1.[Ir+3].[c-]1ccccc1-c1ccc(-c2ccccc2)cn1. The monoisotopic (exact) mass is 1030 g/mol. The second kappa shape index (κ2) is 22.5. The number of aryl methyl sites for hydroxylation is 5. The molecule has 0 fully saturated rings. The van der Waals surface area contributed by atoms with Gasteiger partial charge in [-0.25, -0.2) is 0 Å². The summed E-state index contributed by atoms with van der Waals surface area (Å²) in [4.78, 5) is 13.6. The molecule has 66 heavy (non-hydrogen) atoms. The third-order valence-corrected chi connectivity index (χ3v) is 11.3. The van der Waals surface area contributed by atoms with E-state index in [0.717, 1.165) is 44.9 Å². The molecule has 4 heteroatoms. The Labute approximate surface area is 404 Å². The van der Waals surface area contributed by atoms with Gasteiger partial charge < -0.3 is 15.0 Å². The number of nitrogens with zero attached hydrogens (tertiary/aromatic N) is 3. The van der Waals surface area contributed by atoms with E-state index < -0.39 is 0 Å². The molecule has 0 aliphatic rings. The first-order valence-electron chi connectivity index (χ1n) is 21.9. The fourth-order valence-corrected chi connectivity index (χ4v) is 7.66. The van der Waals surface area contributed by atoms with E-state index in [2.05, 4.69) is 183 Å². The van der Waals surface area contributed by atoms with Crippen molar-refractivity contribution < 1.29 is 20.1 Å². The Morgan fingerprint density at radius 2 is 0.848 bits per heavy atom. The quantitative estimate of drug-likeness (QED) is 0.149. The summed E-state index contributed by atoms with van der Waals surface area (Å²) in [5, 5.41) is 0.